The number of rotatable bonds is 2. The van der Waals surface area contributed by atoms with Gasteiger partial charge in [0.15, 0.2) is 0 Å². The molecule has 1 heterocycles. The van der Waals surface area contributed by atoms with Crippen molar-refractivity contribution in [2.24, 2.45) is 0 Å². The highest BCUT2D eigenvalue weighted by atomic mass is 32.2. The summed E-state index contributed by atoms with van der Waals surface area (Å²) in [7, 11) is 0. The Morgan fingerprint density at radius 3 is 3.10 bits per heavy atom. The normalized spacial score (nSPS) is 26.5. The Hall–Kier alpha value is -0.180. The second-order valence-corrected chi connectivity index (χ2v) is 3.63. The van der Waals surface area contributed by atoms with Crippen LogP contribution in [0.5, 0.6) is 0 Å². The van der Waals surface area contributed by atoms with Crippen LogP contribution in [0.4, 0.5) is 0 Å². The summed E-state index contributed by atoms with van der Waals surface area (Å²) in [5.41, 5.74) is 0. The van der Waals surface area contributed by atoms with Gasteiger partial charge in [0.05, 0.1) is 0 Å². The Morgan fingerprint density at radius 2 is 2.60 bits per heavy atom. The third kappa shape index (κ3) is 1.66. The van der Waals surface area contributed by atoms with Crippen LogP contribution >= 0.6 is 11.8 Å². The number of nitrogens with zero attached hydrogens (tertiary/aromatic N) is 1. The molecule has 1 aliphatic rings. The fourth-order valence-electron chi connectivity index (χ4n) is 1.16. The third-order valence-electron chi connectivity index (χ3n) is 1.88. The van der Waals surface area contributed by atoms with Crippen LogP contribution in [0.1, 0.15) is 13.3 Å². The van der Waals surface area contributed by atoms with Gasteiger partial charge in [0.25, 0.3) is 0 Å². The van der Waals surface area contributed by atoms with Crippen molar-refractivity contribution in [3.63, 3.8) is 0 Å². The number of carbonyl (C=O) groups is 1. The molecule has 0 aliphatic carbocycles. The first-order chi connectivity index (χ1) is 4.88. The highest BCUT2D eigenvalue weighted by molar-refractivity contribution is 7.99. The predicted octanol–water partition coefficient (Wildman–Crippen LogP) is 0.970. The van der Waals surface area contributed by atoms with Gasteiger partial charge in [-0.1, -0.05) is 6.92 Å². The molecule has 1 atom stereocenters. The summed E-state index contributed by atoms with van der Waals surface area (Å²) >= 11 is 1.95. The lowest BCUT2D eigenvalue weighted by Crippen LogP contribution is -2.40. The molecular weight excluding hydrogens is 146 g/mol. The Balaban J connectivity index is 2.41. The minimum Gasteiger partial charge on any atom is -0.341 e. The van der Waals surface area contributed by atoms with E-state index in [0.717, 1.165) is 30.9 Å². The van der Waals surface area contributed by atoms with Crippen LogP contribution in [0.15, 0.2) is 0 Å². The van der Waals surface area contributed by atoms with Gasteiger partial charge in [-0.2, -0.15) is 11.8 Å². The van der Waals surface area contributed by atoms with E-state index in [-0.39, 0.29) is 0 Å². The summed E-state index contributed by atoms with van der Waals surface area (Å²) < 4.78 is 0. The molecule has 1 fully saturated rings. The zero-order valence-electron chi connectivity index (χ0n) is 6.25. The van der Waals surface area contributed by atoms with Gasteiger partial charge in [0.2, 0.25) is 6.41 Å². The second kappa shape index (κ2) is 3.86. The van der Waals surface area contributed by atoms with Gasteiger partial charge in [0.1, 0.15) is 0 Å². The molecule has 1 unspecified atom stereocenters. The number of hydrogen-bond acceptors (Lipinski definition) is 2. The van der Waals surface area contributed by atoms with Crippen LogP contribution < -0.4 is 0 Å². The molecule has 2 nitrogen and oxygen atoms in total. The molecule has 0 aromatic rings. The van der Waals surface area contributed by atoms with Crippen molar-refractivity contribution in [3.8, 4) is 0 Å². The lowest BCUT2D eigenvalue weighted by molar-refractivity contribution is -0.119. The first-order valence-corrected chi connectivity index (χ1v) is 4.82. The van der Waals surface area contributed by atoms with Gasteiger partial charge < -0.3 is 4.90 Å². The Labute approximate surface area is 66.0 Å². The van der Waals surface area contributed by atoms with Crippen molar-refractivity contribution in [1.82, 2.24) is 4.90 Å². The molecule has 10 heavy (non-hydrogen) atoms. The van der Waals surface area contributed by atoms with E-state index < -0.39 is 0 Å². The summed E-state index contributed by atoms with van der Waals surface area (Å²) in [5.74, 6) is 2.23. The Bertz CT molecular complexity index is 118. The van der Waals surface area contributed by atoms with Crippen molar-refractivity contribution in [1.29, 1.82) is 0 Å². The van der Waals surface area contributed by atoms with Gasteiger partial charge in [0, 0.05) is 24.1 Å². The fraction of sp³-hybridized carbons (Fsp3) is 0.857. The minimum atomic E-state index is 0.497. The molecule has 0 bridgehead atoms. The van der Waals surface area contributed by atoms with E-state index in [1.807, 2.05) is 16.7 Å². The van der Waals surface area contributed by atoms with Gasteiger partial charge in [-0.15, -0.1) is 0 Å². The zero-order valence-corrected chi connectivity index (χ0v) is 7.06. The number of amides is 1. The van der Waals surface area contributed by atoms with Crippen molar-refractivity contribution in [2.45, 2.75) is 19.4 Å². The van der Waals surface area contributed by atoms with E-state index >= 15 is 0 Å². The molecule has 0 N–H and O–H groups in total. The van der Waals surface area contributed by atoms with Crippen LogP contribution in [0.2, 0.25) is 0 Å². The molecule has 1 amide bonds. The summed E-state index contributed by atoms with van der Waals surface area (Å²) in [5, 5.41) is 0. The monoisotopic (exact) mass is 159 g/mol. The van der Waals surface area contributed by atoms with E-state index in [0.29, 0.717) is 6.04 Å². The van der Waals surface area contributed by atoms with Crippen LogP contribution in [0.25, 0.3) is 0 Å². The minimum absolute atomic E-state index is 0.497. The van der Waals surface area contributed by atoms with E-state index in [1.165, 1.54) is 0 Å². The maximum absolute atomic E-state index is 10.4. The average molecular weight is 159 g/mol. The molecular formula is C7H13NOS. The van der Waals surface area contributed by atoms with E-state index in [9.17, 15) is 4.79 Å². The smallest absolute Gasteiger partial charge is 0.210 e. The SMILES string of the molecule is CCC1CSCCN1C=O. The zero-order chi connectivity index (χ0) is 7.40. The summed E-state index contributed by atoms with van der Waals surface area (Å²) in [6.45, 7) is 3.07. The number of hydrogen-bond donors (Lipinski definition) is 0. The number of carbonyl (C=O) groups excluding carboxylic acids is 1. The molecule has 3 heteroatoms. The van der Waals surface area contributed by atoms with Gasteiger partial charge in [-0.05, 0) is 6.42 Å². The molecule has 0 saturated carbocycles. The highest BCUT2D eigenvalue weighted by Crippen LogP contribution is 2.16. The van der Waals surface area contributed by atoms with Crippen LogP contribution in [0.3, 0.4) is 0 Å². The van der Waals surface area contributed by atoms with Gasteiger partial charge in [-0.3, -0.25) is 4.79 Å². The third-order valence-corrected chi connectivity index (χ3v) is 2.97. The number of thioether (sulfide) groups is 1. The topological polar surface area (TPSA) is 20.3 Å². The maximum atomic E-state index is 10.4. The molecule has 1 aliphatic heterocycles. The highest BCUT2D eigenvalue weighted by Gasteiger charge is 2.18. The van der Waals surface area contributed by atoms with Crippen molar-refractivity contribution in [3.05, 3.63) is 0 Å². The molecule has 1 rings (SSSR count). The van der Waals surface area contributed by atoms with E-state index in [2.05, 4.69) is 6.92 Å². The second-order valence-electron chi connectivity index (χ2n) is 2.48. The largest absolute Gasteiger partial charge is 0.341 e. The summed E-state index contributed by atoms with van der Waals surface area (Å²) in [6, 6.07) is 0.497. The van der Waals surface area contributed by atoms with Crippen molar-refractivity contribution < 1.29 is 4.79 Å². The fourth-order valence-corrected chi connectivity index (χ4v) is 2.36. The van der Waals surface area contributed by atoms with Crippen LogP contribution in [-0.4, -0.2) is 35.4 Å². The summed E-state index contributed by atoms with van der Waals surface area (Å²) in [4.78, 5) is 12.4. The predicted molar refractivity (Wildman–Crippen MR) is 44.2 cm³/mol. The molecule has 0 spiro atoms. The molecule has 0 radical (unpaired) electrons. The first kappa shape index (κ1) is 7.92. The van der Waals surface area contributed by atoms with E-state index in [1.54, 1.807) is 0 Å². The maximum Gasteiger partial charge on any atom is 0.210 e. The molecule has 0 aromatic carbocycles. The Morgan fingerprint density at radius 1 is 1.80 bits per heavy atom. The van der Waals surface area contributed by atoms with Gasteiger partial charge >= 0.3 is 0 Å². The average Bonchev–Trinajstić information content (AvgIpc) is 2.04. The van der Waals surface area contributed by atoms with Gasteiger partial charge in [-0.25, -0.2) is 0 Å². The van der Waals surface area contributed by atoms with Crippen LogP contribution in [-0.2, 0) is 4.79 Å². The molecule has 58 valence electrons. The standard InChI is InChI=1S/C7H13NOS/c1-2-7-5-10-4-3-8(7)6-9/h6-7H,2-5H2,1H3. The van der Waals surface area contributed by atoms with Crippen LogP contribution in [0, 0.1) is 0 Å². The van der Waals surface area contributed by atoms with Crippen molar-refractivity contribution >= 4 is 18.2 Å². The molecule has 0 aromatic heterocycles. The van der Waals surface area contributed by atoms with E-state index in [4.69, 9.17) is 0 Å². The Kier molecular flexibility index (Phi) is 3.06. The molecule has 1 saturated heterocycles. The summed E-state index contributed by atoms with van der Waals surface area (Å²) in [6.07, 6.45) is 2.07. The lowest BCUT2D eigenvalue weighted by atomic mass is 10.2. The first-order valence-electron chi connectivity index (χ1n) is 3.67. The van der Waals surface area contributed by atoms with Crippen molar-refractivity contribution in [2.75, 3.05) is 18.1 Å². The lowest BCUT2D eigenvalue weighted by Gasteiger charge is -2.31. The quantitative estimate of drug-likeness (QED) is 0.560.